The molecule has 9 heteroatoms. The second-order valence-electron chi connectivity index (χ2n) is 5.00. The maximum Gasteiger partial charge on any atom is 0.272 e. The van der Waals surface area contributed by atoms with Crippen LogP contribution in [-0.2, 0) is 19.2 Å². The van der Waals surface area contributed by atoms with Gasteiger partial charge in [-0.2, -0.15) is 0 Å². The third kappa shape index (κ3) is 2.77. The van der Waals surface area contributed by atoms with Gasteiger partial charge in [0, 0.05) is 37.0 Å². The monoisotopic (exact) mass is 319 g/mol. The lowest BCUT2D eigenvalue weighted by Gasteiger charge is -2.03. The minimum atomic E-state index is -0.115. The second-order valence-corrected chi connectivity index (χ2v) is 5.95. The van der Waals surface area contributed by atoms with E-state index in [1.54, 1.807) is 0 Å². The third-order valence-electron chi connectivity index (χ3n) is 3.27. The quantitative estimate of drug-likeness (QED) is 0.653. The minimum Gasteiger partial charge on any atom is -0.330 e. The SMILES string of the molecule is Cc1cc2nc(CSc3nnc(CCN)n3C)cc(=O)n2[nH]1. The van der Waals surface area contributed by atoms with Crippen molar-refractivity contribution < 1.29 is 0 Å². The van der Waals surface area contributed by atoms with E-state index < -0.39 is 0 Å². The fourth-order valence-corrected chi connectivity index (χ4v) is 3.01. The molecular formula is C13H17N7OS. The Kier molecular flexibility index (Phi) is 3.99. The first kappa shape index (κ1) is 14.8. The lowest BCUT2D eigenvalue weighted by molar-refractivity contribution is 0.726. The van der Waals surface area contributed by atoms with Crippen molar-refractivity contribution in [1.29, 1.82) is 0 Å². The topological polar surface area (TPSA) is 107 Å². The number of aromatic amines is 1. The summed E-state index contributed by atoms with van der Waals surface area (Å²) in [4.78, 5) is 16.5. The van der Waals surface area contributed by atoms with Gasteiger partial charge in [-0.3, -0.25) is 9.89 Å². The average molecular weight is 319 g/mol. The smallest absolute Gasteiger partial charge is 0.272 e. The molecule has 0 aromatic carbocycles. The molecule has 3 aromatic heterocycles. The van der Waals surface area contributed by atoms with Crippen molar-refractivity contribution in [2.75, 3.05) is 6.54 Å². The summed E-state index contributed by atoms with van der Waals surface area (Å²) >= 11 is 1.50. The second kappa shape index (κ2) is 5.93. The highest BCUT2D eigenvalue weighted by Crippen LogP contribution is 2.20. The number of hydrogen-bond acceptors (Lipinski definition) is 6. The number of hydrogen-bond donors (Lipinski definition) is 2. The van der Waals surface area contributed by atoms with Gasteiger partial charge in [-0.1, -0.05) is 11.8 Å². The Bertz CT molecular complexity index is 863. The van der Waals surface area contributed by atoms with Gasteiger partial charge < -0.3 is 10.3 Å². The van der Waals surface area contributed by atoms with Gasteiger partial charge >= 0.3 is 0 Å². The summed E-state index contributed by atoms with van der Waals surface area (Å²) in [5.41, 5.74) is 7.67. The molecule has 3 N–H and O–H groups in total. The Morgan fingerprint density at radius 1 is 1.36 bits per heavy atom. The summed E-state index contributed by atoms with van der Waals surface area (Å²) in [6.07, 6.45) is 0.693. The van der Waals surface area contributed by atoms with Crippen LogP contribution in [0.5, 0.6) is 0 Å². The molecule has 3 heterocycles. The summed E-state index contributed by atoms with van der Waals surface area (Å²) < 4.78 is 3.36. The summed E-state index contributed by atoms with van der Waals surface area (Å²) in [5.74, 6) is 1.42. The maximum absolute atomic E-state index is 12.0. The number of nitrogens with two attached hydrogens (primary N) is 1. The van der Waals surface area contributed by atoms with E-state index >= 15 is 0 Å². The Morgan fingerprint density at radius 3 is 2.95 bits per heavy atom. The van der Waals surface area contributed by atoms with Gasteiger partial charge in [0.25, 0.3) is 5.56 Å². The number of aryl methyl sites for hydroxylation is 1. The Hall–Kier alpha value is -2.13. The lowest BCUT2D eigenvalue weighted by atomic mass is 10.4. The zero-order valence-electron chi connectivity index (χ0n) is 12.4. The Balaban J connectivity index is 1.80. The van der Waals surface area contributed by atoms with Crippen LogP contribution in [0, 0.1) is 6.92 Å². The molecular weight excluding hydrogens is 302 g/mol. The van der Waals surface area contributed by atoms with Crippen molar-refractivity contribution in [3.05, 3.63) is 39.7 Å². The molecule has 0 amide bonds. The molecule has 0 aliphatic carbocycles. The molecule has 3 aromatic rings. The van der Waals surface area contributed by atoms with Gasteiger partial charge in [-0.05, 0) is 13.5 Å². The standard InChI is InChI=1S/C13H17N7OS/c1-8-5-11-15-9(6-12(21)20(11)18-8)7-22-13-17-16-10(3-4-14)19(13)2/h5-6,18H,3-4,7,14H2,1-2H3. The summed E-state index contributed by atoms with van der Waals surface area (Å²) in [6.45, 7) is 2.43. The van der Waals surface area contributed by atoms with Gasteiger partial charge in [0.15, 0.2) is 10.8 Å². The first-order valence-electron chi connectivity index (χ1n) is 6.88. The Labute approximate surface area is 130 Å². The normalized spacial score (nSPS) is 11.4. The zero-order valence-corrected chi connectivity index (χ0v) is 13.2. The first-order chi connectivity index (χ1) is 10.6. The van der Waals surface area contributed by atoms with Crippen molar-refractivity contribution in [1.82, 2.24) is 29.4 Å². The molecule has 0 aliphatic rings. The molecule has 0 unspecified atom stereocenters. The predicted molar refractivity (Wildman–Crippen MR) is 83.9 cm³/mol. The molecule has 3 rings (SSSR count). The van der Waals surface area contributed by atoms with Crippen LogP contribution in [0.3, 0.4) is 0 Å². The van der Waals surface area contributed by atoms with Crippen LogP contribution in [0.2, 0.25) is 0 Å². The van der Waals surface area contributed by atoms with E-state index in [0.29, 0.717) is 24.4 Å². The molecule has 0 bridgehead atoms. The number of fused-ring (bicyclic) bond motifs is 1. The molecule has 0 aliphatic heterocycles. The van der Waals surface area contributed by atoms with E-state index in [9.17, 15) is 4.79 Å². The molecule has 8 nitrogen and oxygen atoms in total. The molecule has 116 valence electrons. The molecule has 0 saturated heterocycles. The van der Waals surface area contributed by atoms with Crippen molar-refractivity contribution in [3.8, 4) is 0 Å². The highest BCUT2D eigenvalue weighted by molar-refractivity contribution is 7.98. The molecule has 0 spiro atoms. The van der Waals surface area contributed by atoms with Crippen molar-refractivity contribution in [2.24, 2.45) is 12.8 Å². The van der Waals surface area contributed by atoms with Gasteiger partial charge in [-0.15, -0.1) is 10.2 Å². The highest BCUT2D eigenvalue weighted by Gasteiger charge is 2.10. The third-order valence-corrected chi connectivity index (χ3v) is 4.33. The number of H-pyrrole nitrogens is 1. The van der Waals surface area contributed by atoms with E-state index in [1.165, 1.54) is 22.3 Å². The zero-order chi connectivity index (χ0) is 15.7. The van der Waals surface area contributed by atoms with Crippen LogP contribution >= 0.6 is 11.8 Å². The van der Waals surface area contributed by atoms with Crippen molar-refractivity contribution >= 4 is 17.4 Å². The molecule has 0 atom stereocenters. The largest absolute Gasteiger partial charge is 0.330 e. The number of aromatic nitrogens is 6. The van der Waals surface area contributed by atoms with Crippen molar-refractivity contribution in [3.63, 3.8) is 0 Å². The fraction of sp³-hybridized carbons (Fsp3) is 0.385. The predicted octanol–water partition coefficient (Wildman–Crippen LogP) is 0.253. The maximum atomic E-state index is 12.0. The summed E-state index contributed by atoms with van der Waals surface area (Å²) in [7, 11) is 1.91. The van der Waals surface area contributed by atoms with Crippen LogP contribution in [0.25, 0.3) is 5.65 Å². The van der Waals surface area contributed by atoms with Crippen LogP contribution in [-0.4, -0.2) is 35.9 Å². The van der Waals surface area contributed by atoms with Crippen LogP contribution in [0.4, 0.5) is 0 Å². The van der Waals surface area contributed by atoms with E-state index in [0.717, 1.165) is 22.4 Å². The van der Waals surface area contributed by atoms with E-state index in [2.05, 4.69) is 20.3 Å². The van der Waals surface area contributed by atoms with Crippen LogP contribution in [0.1, 0.15) is 17.2 Å². The summed E-state index contributed by atoms with van der Waals surface area (Å²) in [5, 5.41) is 12.0. The number of rotatable bonds is 5. The first-order valence-corrected chi connectivity index (χ1v) is 7.86. The van der Waals surface area contributed by atoms with E-state index in [1.807, 2.05) is 24.6 Å². The van der Waals surface area contributed by atoms with Crippen LogP contribution < -0.4 is 11.3 Å². The molecule has 0 fully saturated rings. The fourth-order valence-electron chi connectivity index (χ4n) is 2.19. The molecule has 22 heavy (non-hydrogen) atoms. The number of thioether (sulfide) groups is 1. The average Bonchev–Trinajstić information content (AvgIpc) is 3.01. The minimum absolute atomic E-state index is 0.115. The van der Waals surface area contributed by atoms with Crippen LogP contribution in [0.15, 0.2) is 22.1 Å². The summed E-state index contributed by atoms with van der Waals surface area (Å²) in [6, 6.07) is 3.38. The molecule has 0 saturated carbocycles. The highest BCUT2D eigenvalue weighted by atomic mass is 32.2. The molecule has 0 radical (unpaired) electrons. The van der Waals surface area contributed by atoms with Crippen molar-refractivity contribution in [2.45, 2.75) is 24.3 Å². The van der Waals surface area contributed by atoms with Gasteiger partial charge in [-0.25, -0.2) is 9.50 Å². The number of nitrogens with zero attached hydrogens (tertiary/aromatic N) is 5. The number of nitrogens with one attached hydrogen (secondary N) is 1. The van der Waals surface area contributed by atoms with E-state index in [4.69, 9.17) is 5.73 Å². The van der Waals surface area contributed by atoms with Gasteiger partial charge in [0.1, 0.15) is 5.82 Å². The lowest BCUT2D eigenvalue weighted by Crippen LogP contribution is -2.15. The Morgan fingerprint density at radius 2 is 2.18 bits per heavy atom. The van der Waals surface area contributed by atoms with Gasteiger partial charge in [0.2, 0.25) is 0 Å². The van der Waals surface area contributed by atoms with E-state index in [-0.39, 0.29) is 5.56 Å². The van der Waals surface area contributed by atoms with Gasteiger partial charge in [0.05, 0.1) is 5.69 Å².